The largest absolute Gasteiger partial charge is 0.508 e. The van der Waals surface area contributed by atoms with Crippen LogP contribution in [0.4, 0.5) is 0 Å². The van der Waals surface area contributed by atoms with Crippen LogP contribution in [0.25, 0.3) is 0 Å². The minimum absolute atomic E-state index is 0.126. The number of benzene rings is 1. The fourth-order valence-electron chi connectivity index (χ4n) is 1.37. The summed E-state index contributed by atoms with van der Waals surface area (Å²) in [4.78, 5) is 11.8. The van der Waals surface area contributed by atoms with Gasteiger partial charge in [0.1, 0.15) is 11.4 Å². The number of para-hydroxylation sites is 1. The maximum absolute atomic E-state index is 11.8. The van der Waals surface area contributed by atoms with Crippen molar-refractivity contribution in [2.24, 2.45) is 0 Å². The zero-order chi connectivity index (χ0) is 12.3. The Labute approximate surface area is 96.1 Å². The quantitative estimate of drug-likeness (QED) is 0.783. The molecule has 0 saturated carbocycles. The van der Waals surface area contributed by atoms with Crippen molar-refractivity contribution in [3.63, 3.8) is 0 Å². The van der Waals surface area contributed by atoms with Crippen LogP contribution in [0.5, 0.6) is 5.75 Å². The summed E-state index contributed by atoms with van der Waals surface area (Å²) in [7, 11) is 0. The van der Waals surface area contributed by atoms with Gasteiger partial charge in [-0.15, -0.1) is 0 Å². The zero-order valence-electron chi connectivity index (χ0n) is 10.2. The third-order valence-electron chi connectivity index (χ3n) is 2.16. The maximum Gasteiger partial charge on any atom is 0.313 e. The highest BCUT2D eigenvalue weighted by Crippen LogP contribution is 2.27. The average Bonchev–Trinajstić information content (AvgIpc) is 2.15. The van der Waals surface area contributed by atoms with Gasteiger partial charge in [0.25, 0.3) is 0 Å². The van der Waals surface area contributed by atoms with E-state index in [1.165, 1.54) is 0 Å². The Balaban J connectivity index is 2.83. The summed E-state index contributed by atoms with van der Waals surface area (Å²) in [5.74, 6) is -0.657. The van der Waals surface area contributed by atoms with Gasteiger partial charge in [0.05, 0.1) is 5.92 Å². The summed E-state index contributed by atoms with van der Waals surface area (Å²) < 4.78 is 5.26. The molecule has 88 valence electrons. The van der Waals surface area contributed by atoms with Crippen LogP contribution in [-0.2, 0) is 9.53 Å². The fourth-order valence-corrected chi connectivity index (χ4v) is 1.37. The van der Waals surface area contributed by atoms with Crippen molar-refractivity contribution < 1.29 is 14.6 Å². The highest BCUT2D eigenvalue weighted by molar-refractivity contribution is 5.79. The van der Waals surface area contributed by atoms with Crippen LogP contribution < -0.4 is 0 Å². The first-order chi connectivity index (χ1) is 7.31. The topological polar surface area (TPSA) is 46.5 Å². The van der Waals surface area contributed by atoms with Crippen LogP contribution >= 0.6 is 0 Å². The molecule has 1 unspecified atom stereocenters. The molecule has 0 spiro atoms. The van der Waals surface area contributed by atoms with Crippen LogP contribution in [0.1, 0.15) is 39.2 Å². The summed E-state index contributed by atoms with van der Waals surface area (Å²) in [5.41, 5.74) is 0.0900. The van der Waals surface area contributed by atoms with E-state index in [9.17, 15) is 9.90 Å². The number of carbonyl (C=O) groups is 1. The molecule has 0 aliphatic heterocycles. The number of rotatable bonds is 2. The molecular formula is C13H18O3. The van der Waals surface area contributed by atoms with Crippen LogP contribution in [-0.4, -0.2) is 16.7 Å². The molecule has 1 atom stereocenters. The van der Waals surface area contributed by atoms with Crippen molar-refractivity contribution in [2.75, 3.05) is 0 Å². The number of ether oxygens (including phenoxy) is 1. The molecule has 1 aromatic rings. The molecular weight excluding hydrogens is 204 g/mol. The number of hydrogen-bond donors (Lipinski definition) is 1. The molecule has 16 heavy (non-hydrogen) atoms. The summed E-state index contributed by atoms with van der Waals surface area (Å²) >= 11 is 0. The van der Waals surface area contributed by atoms with E-state index in [1.54, 1.807) is 31.2 Å². The molecule has 1 N–H and O–H groups in total. The lowest BCUT2D eigenvalue weighted by atomic mass is 10.00. The Hall–Kier alpha value is -1.51. The summed E-state index contributed by atoms with van der Waals surface area (Å²) in [6.07, 6.45) is 0. The van der Waals surface area contributed by atoms with Gasteiger partial charge in [0.15, 0.2) is 0 Å². The molecule has 0 fully saturated rings. The van der Waals surface area contributed by atoms with Crippen molar-refractivity contribution in [2.45, 2.75) is 39.2 Å². The lowest BCUT2D eigenvalue weighted by molar-refractivity contribution is -0.156. The Kier molecular flexibility index (Phi) is 3.58. The molecule has 0 amide bonds. The van der Waals surface area contributed by atoms with Crippen molar-refractivity contribution in [3.05, 3.63) is 29.8 Å². The SMILES string of the molecule is CC(C(=O)OC(C)(C)C)c1ccccc1O. The van der Waals surface area contributed by atoms with Gasteiger partial charge in [-0.25, -0.2) is 0 Å². The van der Waals surface area contributed by atoms with Gasteiger partial charge in [-0.2, -0.15) is 0 Å². The second kappa shape index (κ2) is 4.56. The van der Waals surface area contributed by atoms with Gasteiger partial charge in [0.2, 0.25) is 0 Å². The first kappa shape index (κ1) is 12.6. The number of esters is 1. The van der Waals surface area contributed by atoms with Gasteiger partial charge in [-0.1, -0.05) is 18.2 Å². The zero-order valence-corrected chi connectivity index (χ0v) is 10.2. The smallest absolute Gasteiger partial charge is 0.313 e. The van der Waals surface area contributed by atoms with Crippen LogP contribution in [0, 0.1) is 0 Å². The minimum atomic E-state index is -0.504. The first-order valence-electron chi connectivity index (χ1n) is 5.32. The number of phenolic OH excluding ortho intramolecular Hbond substituents is 1. The monoisotopic (exact) mass is 222 g/mol. The summed E-state index contributed by atoms with van der Waals surface area (Å²) in [5, 5.41) is 9.62. The predicted octanol–water partition coefficient (Wildman–Crippen LogP) is 2.84. The Bertz CT molecular complexity index is 377. The second-order valence-corrected chi connectivity index (χ2v) is 4.81. The summed E-state index contributed by atoms with van der Waals surface area (Å²) in [6.45, 7) is 7.19. The van der Waals surface area contributed by atoms with E-state index in [1.807, 2.05) is 20.8 Å². The van der Waals surface area contributed by atoms with Crippen molar-refractivity contribution in [1.29, 1.82) is 0 Å². The average molecular weight is 222 g/mol. The van der Waals surface area contributed by atoms with Gasteiger partial charge >= 0.3 is 5.97 Å². The van der Waals surface area contributed by atoms with E-state index in [2.05, 4.69) is 0 Å². The van der Waals surface area contributed by atoms with Crippen molar-refractivity contribution in [3.8, 4) is 5.75 Å². The second-order valence-electron chi connectivity index (χ2n) is 4.81. The molecule has 3 nitrogen and oxygen atoms in total. The third kappa shape index (κ3) is 3.26. The van der Waals surface area contributed by atoms with E-state index < -0.39 is 11.5 Å². The predicted molar refractivity (Wildman–Crippen MR) is 62.4 cm³/mol. The maximum atomic E-state index is 11.8. The van der Waals surface area contributed by atoms with Gasteiger partial charge in [0, 0.05) is 5.56 Å². The molecule has 0 aliphatic rings. The third-order valence-corrected chi connectivity index (χ3v) is 2.16. The molecule has 3 heteroatoms. The lowest BCUT2D eigenvalue weighted by Crippen LogP contribution is -2.26. The molecule has 0 saturated heterocycles. The first-order valence-corrected chi connectivity index (χ1v) is 5.32. The number of aromatic hydroxyl groups is 1. The molecule has 0 radical (unpaired) electrons. The molecule has 1 rings (SSSR count). The van der Waals surface area contributed by atoms with Crippen LogP contribution in [0.15, 0.2) is 24.3 Å². The van der Waals surface area contributed by atoms with Crippen molar-refractivity contribution >= 4 is 5.97 Å². The van der Waals surface area contributed by atoms with Gasteiger partial charge < -0.3 is 9.84 Å². The van der Waals surface area contributed by atoms with E-state index in [0.717, 1.165) is 0 Å². The number of phenols is 1. The fraction of sp³-hybridized carbons (Fsp3) is 0.462. The molecule has 0 heterocycles. The standard InChI is InChI=1S/C13H18O3/c1-9(12(15)16-13(2,3)4)10-7-5-6-8-11(10)14/h5-9,14H,1-4H3. The molecule has 0 bridgehead atoms. The Morgan fingerprint density at radius 1 is 1.31 bits per heavy atom. The number of carbonyl (C=O) groups excluding carboxylic acids is 1. The highest BCUT2D eigenvalue weighted by Gasteiger charge is 2.24. The van der Waals surface area contributed by atoms with E-state index in [4.69, 9.17) is 4.74 Å². The summed E-state index contributed by atoms with van der Waals surface area (Å²) in [6, 6.07) is 6.80. The van der Waals surface area contributed by atoms with Crippen molar-refractivity contribution in [1.82, 2.24) is 0 Å². The van der Waals surface area contributed by atoms with Gasteiger partial charge in [-0.05, 0) is 33.8 Å². The molecule has 0 aromatic heterocycles. The van der Waals surface area contributed by atoms with E-state index in [-0.39, 0.29) is 11.7 Å². The molecule has 0 aliphatic carbocycles. The highest BCUT2D eigenvalue weighted by atomic mass is 16.6. The molecule has 1 aromatic carbocycles. The normalized spacial score (nSPS) is 13.2. The minimum Gasteiger partial charge on any atom is -0.508 e. The van der Waals surface area contributed by atoms with E-state index >= 15 is 0 Å². The Morgan fingerprint density at radius 2 is 1.88 bits per heavy atom. The Morgan fingerprint density at radius 3 is 2.38 bits per heavy atom. The lowest BCUT2D eigenvalue weighted by Gasteiger charge is -2.22. The van der Waals surface area contributed by atoms with Gasteiger partial charge in [-0.3, -0.25) is 4.79 Å². The van der Waals surface area contributed by atoms with E-state index in [0.29, 0.717) is 5.56 Å². The van der Waals surface area contributed by atoms with Crippen LogP contribution in [0.2, 0.25) is 0 Å². The number of hydrogen-bond acceptors (Lipinski definition) is 3. The van der Waals surface area contributed by atoms with Crippen LogP contribution in [0.3, 0.4) is 0 Å².